The van der Waals surface area contributed by atoms with E-state index in [4.69, 9.17) is 15.9 Å². The normalized spacial score (nSPS) is 14.7. The number of imidazole rings is 1. The highest BCUT2D eigenvalue weighted by Gasteiger charge is 2.30. The van der Waals surface area contributed by atoms with Crippen molar-refractivity contribution in [3.05, 3.63) is 18.2 Å². The van der Waals surface area contributed by atoms with Crippen molar-refractivity contribution < 1.29 is 34.5 Å². The molecule has 4 unspecified atom stereocenters. The second-order valence-corrected chi connectivity index (χ2v) is 7.54. The number of carboxylic acids is 1. The Labute approximate surface area is 182 Å². The third-order valence-electron chi connectivity index (χ3n) is 4.19. The number of nitrogens with two attached hydrogens (primary N) is 1. The first-order valence-corrected chi connectivity index (χ1v) is 10.7. The van der Waals surface area contributed by atoms with E-state index in [9.17, 15) is 24.3 Å². The van der Waals surface area contributed by atoms with Crippen LogP contribution >= 0.6 is 11.8 Å². The number of amides is 3. The average molecular weight is 461 g/mol. The lowest BCUT2D eigenvalue weighted by molar-refractivity contribution is -0.143. The van der Waals surface area contributed by atoms with Crippen molar-refractivity contribution in [1.29, 1.82) is 0 Å². The molecule has 14 heteroatoms. The van der Waals surface area contributed by atoms with Crippen LogP contribution in [0, 0.1) is 0 Å². The van der Waals surface area contributed by atoms with Gasteiger partial charge in [-0.15, -0.1) is 0 Å². The molecule has 0 fully saturated rings. The number of H-pyrrole nitrogens is 1. The molecule has 0 radical (unpaired) electrons. The van der Waals surface area contributed by atoms with E-state index in [1.165, 1.54) is 24.3 Å². The van der Waals surface area contributed by atoms with E-state index in [1.807, 2.05) is 11.6 Å². The predicted octanol–water partition coefficient (Wildman–Crippen LogP) is -3.44. The summed E-state index contributed by atoms with van der Waals surface area (Å²) in [5, 5.41) is 34.2. The number of nitrogens with zero attached hydrogens (tertiary/aromatic N) is 1. The van der Waals surface area contributed by atoms with Gasteiger partial charge in [0, 0.05) is 18.3 Å². The number of aliphatic hydroxyl groups excluding tert-OH is 2. The van der Waals surface area contributed by atoms with Gasteiger partial charge in [-0.05, 0) is 18.4 Å². The number of carboxylic acid groups (broad SMARTS) is 1. The Bertz CT molecular complexity index is 733. The molecule has 1 aromatic rings. The quantitative estimate of drug-likeness (QED) is 0.137. The van der Waals surface area contributed by atoms with Gasteiger partial charge in [-0.2, -0.15) is 11.8 Å². The van der Waals surface area contributed by atoms with Crippen LogP contribution in [0.5, 0.6) is 0 Å². The van der Waals surface area contributed by atoms with E-state index in [0.29, 0.717) is 17.9 Å². The van der Waals surface area contributed by atoms with Crippen molar-refractivity contribution in [3.63, 3.8) is 0 Å². The van der Waals surface area contributed by atoms with Gasteiger partial charge in [0.15, 0.2) is 0 Å². The molecule has 1 heterocycles. The number of hydrogen-bond donors (Lipinski definition) is 8. The molecular weight excluding hydrogens is 432 g/mol. The maximum absolute atomic E-state index is 12.7. The van der Waals surface area contributed by atoms with E-state index >= 15 is 0 Å². The van der Waals surface area contributed by atoms with Gasteiger partial charge in [-0.1, -0.05) is 0 Å². The summed E-state index contributed by atoms with van der Waals surface area (Å²) in [5.74, 6) is -3.22. The fourth-order valence-electron chi connectivity index (χ4n) is 2.40. The van der Waals surface area contributed by atoms with Gasteiger partial charge in [0.25, 0.3) is 0 Å². The number of aromatic nitrogens is 2. The van der Waals surface area contributed by atoms with Crippen LogP contribution in [-0.2, 0) is 25.6 Å². The smallest absolute Gasteiger partial charge is 0.328 e. The number of carbonyl (C=O) groups is 4. The molecule has 0 aliphatic rings. The largest absolute Gasteiger partial charge is 0.480 e. The third kappa shape index (κ3) is 8.92. The van der Waals surface area contributed by atoms with E-state index in [1.54, 1.807) is 0 Å². The number of nitrogens with one attached hydrogen (secondary N) is 4. The number of rotatable bonds is 14. The molecular formula is C17H28N6O7S. The molecule has 3 amide bonds. The molecule has 0 saturated carbocycles. The fraction of sp³-hybridized carbons (Fsp3) is 0.588. The zero-order chi connectivity index (χ0) is 23.4. The highest BCUT2D eigenvalue weighted by atomic mass is 32.2. The Morgan fingerprint density at radius 2 is 1.65 bits per heavy atom. The second kappa shape index (κ2) is 13.6. The van der Waals surface area contributed by atoms with Crippen molar-refractivity contribution >= 4 is 35.5 Å². The van der Waals surface area contributed by atoms with Crippen LogP contribution in [0.15, 0.2) is 12.5 Å². The highest BCUT2D eigenvalue weighted by molar-refractivity contribution is 7.98. The topological polar surface area (TPSA) is 220 Å². The molecule has 0 saturated heterocycles. The number of hydrogen-bond acceptors (Lipinski definition) is 9. The molecule has 174 valence electrons. The zero-order valence-electron chi connectivity index (χ0n) is 16.9. The summed E-state index contributed by atoms with van der Waals surface area (Å²) < 4.78 is 0. The maximum atomic E-state index is 12.7. The molecule has 0 spiro atoms. The van der Waals surface area contributed by atoms with Gasteiger partial charge < -0.3 is 42.0 Å². The SMILES string of the molecule is CSCCC(N)C(=O)NC(Cc1cnc[nH]1)C(=O)NC(CO)C(=O)NC(CO)C(=O)O. The van der Waals surface area contributed by atoms with Gasteiger partial charge >= 0.3 is 5.97 Å². The molecule has 0 aliphatic carbocycles. The van der Waals surface area contributed by atoms with Gasteiger partial charge in [-0.25, -0.2) is 9.78 Å². The van der Waals surface area contributed by atoms with Crippen LogP contribution in [-0.4, -0.2) is 98.4 Å². The van der Waals surface area contributed by atoms with Crippen molar-refractivity contribution in [2.45, 2.75) is 37.0 Å². The summed E-state index contributed by atoms with van der Waals surface area (Å²) >= 11 is 1.52. The Morgan fingerprint density at radius 1 is 1.06 bits per heavy atom. The van der Waals surface area contributed by atoms with Crippen LogP contribution in [0.3, 0.4) is 0 Å². The van der Waals surface area contributed by atoms with E-state index < -0.39 is 61.1 Å². The molecule has 1 aromatic heterocycles. The van der Waals surface area contributed by atoms with Gasteiger partial charge in [0.1, 0.15) is 18.1 Å². The standard InChI is InChI=1S/C17H28N6O7S/c1-31-3-2-10(18)14(26)21-11(4-9-5-19-8-20-9)15(27)22-12(6-24)16(28)23-13(7-25)17(29)30/h5,8,10-13,24-25H,2-4,6-7,18H2,1H3,(H,19,20)(H,21,26)(H,22,27)(H,23,28)(H,29,30). The Balaban J connectivity index is 2.87. The zero-order valence-corrected chi connectivity index (χ0v) is 17.7. The summed E-state index contributed by atoms with van der Waals surface area (Å²) in [6.45, 7) is -1.72. The number of aromatic amines is 1. The van der Waals surface area contributed by atoms with Crippen LogP contribution in [0.4, 0.5) is 0 Å². The Kier molecular flexibility index (Phi) is 11.6. The lowest BCUT2D eigenvalue weighted by atomic mass is 10.1. The van der Waals surface area contributed by atoms with Crippen LogP contribution in [0.2, 0.25) is 0 Å². The van der Waals surface area contributed by atoms with Crippen molar-refractivity contribution in [1.82, 2.24) is 25.9 Å². The second-order valence-electron chi connectivity index (χ2n) is 6.56. The van der Waals surface area contributed by atoms with Crippen LogP contribution < -0.4 is 21.7 Å². The van der Waals surface area contributed by atoms with Crippen molar-refractivity contribution in [2.24, 2.45) is 5.73 Å². The lowest BCUT2D eigenvalue weighted by Crippen LogP contribution is -2.59. The van der Waals surface area contributed by atoms with Crippen molar-refractivity contribution in [3.8, 4) is 0 Å². The first kappa shape index (κ1) is 26.4. The highest BCUT2D eigenvalue weighted by Crippen LogP contribution is 2.03. The molecule has 31 heavy (non-hydrogen) atoms. The summed E-state index contributed by atoms with van der Waals surface area (Å²) in [4.78, 5) is 54.9. The summed E-state index contributed by atoms with van der Waals surface area (Å²) in [6.07, 6.45) is 5.10. The minimum atomic E-state index is -1.60. The molecule has 0 bridgehead atoms. The molecule has 1 rings (SSSR count). The lowest BCUT2D eigenvalue weighted by Gasteiger charge is -2.23. The minimum Gasteiger partial charge on any atom is -0.480 e. The Morgan fingerprint density at radius 3 is 2.16 bits per heavy atom. The predicted molar refractivity (Wildman–Crippen MR) is 111 cm³/mol. The van der Waals surface area contributed by atoms with Crippen LogP contribution in [0.1, 0.15) is 12.1 Å². The fourth-order valence-corrected chi connectivity index (χ4v) is 2.89. The van der Waals surface area contributed by atoms with E-state index in [0.717, 1.165) is 0 Å². The number of thioether (sulfide) groups is 1. The summed E-state index contributed by atoms with van der Waals surface area (Å²) in [7, 11) is 0. The third-order valence-corrected chi connectivity index (χ3v) is 4.84. The first-order chi connectivity index (χ1) is 14.7. The minimum absolute atomic E-state index is 0.000972. The van der Waals surface area contributed by atoms with Crippen molar-refractivity contribution in [2.75, 3.05) is 25.2 Å². The van der Waals surface area contributed by atoms with E-state index in [2.05, 4.69) is 20.6 Å². The van der Waals surface area contributed by atoms with Gasteiger partial charge in [0.2, 0.25) is 17.7 Å². The van der Waals surface area contributed by atoms with E-state index in [-0.39, 0.29) is 6.42 Å². The maximum Gasteiger partial charge on any atom is 0.328 e. The number of carbonyl (C=O) groups excluding carboxylic acids is 3. The number of aliphatic hydroxyl groups is 2. The molecule has 13 nitrogen and oxygen atoms in total. The average Bonchev–Trinajstić information content (AvgIpc) is 3.25. The summed E-state index contributed by atoms with van der Waals surface area (Å²) in [6, 6.07) is -5.11. The monoisotopic (exact) mass is 460 g/mol. The molecule has 0 aliphatic heterocycles. The molecule has 4 atom stereocenters. The van der Waals surface area contributed by atoms with Gasteiger partial charge in [0.05, 0.1) is 25.6 Å². The molecule has 0 aromatic carbocycles. The van der Waals surface area contributed by atoms with Gasteiger partial charge in [-0.3, -0.25) is 14.4 Å². The Hall–Kier alpha value is -2.68. The summed E-state index contributed by atoms with van der Waals surface area (Å²) in [5.41, 5.74) is 6.36. The van der Waals surface area contributed by atoms with Crippen LogP contribution in [0.25, 0.3) is 0 Å². The number of aliphatic carboxylic acids is 1. The molecule has 9 N–H and O–H groups in total. The first-order valence-electron chi connectivity index (χ1n) is 9.30.